The molecular weight excluding hydrogens is 301 g/mol. The van der Waals surface area contributed by atoms with Gasteiger partial charge in [-0.1, -0.05) is 12.1 Å². The zero-order valence-electron chi connectivity index (χ0n) is 10.1. The topological polar surface area (TPSA) is 66.4 Å². The van der Waals surface area contributed by atoms with E-state index in [9.17, 15) is 14.0 Å². The van der Waals surface area contributed by atoms with E-state index in [2.05, 4.69) is 5.32 Å². The second kappa shape index (κ2) is 6.53. The van der Waals surface area contributed by atoms with Gasteiger partial charge in [0.05, 0.1) is 11.4 Å². The molecule has 0 aliphatic heterocycles. The van der Waals surface area contributed by atoms with Crippen LogP contribution in [0.25, 0.3) is 0 Å². The lowest BCUT2D eigenvalue weighted by Crippen LogP contribution is -2.14. The zero-order valence-corrected chi connectivity index (χ0v) is 11.8. The fraction of sp³-hybridized carbons (Fsp3) is 0.0769. The van der Waals surface area contributed by atoms with E-state index >= 15 is 0 Å². The van der Waals surface area contributed by atoms with Crippen LogP contribution in [-0.2, 0) is 4.79 Å². The lowest BCUT2D eigenvalue weighted by atomic mass is 10.3. The molecule has 104 valence electrons. The maximum absolute atomic E-state index is 13.3. The lowest BCUT2D eigenvalue weighted by molar-refractivity contribution is -0.113. The van der Waals surface area contributed by atoms with Gasteiger partial charge in [-0.2, -0.15) is 0 Å². The molecule has 0 radical (unpaired) electrons. The standard InChI is InChI=1S/C13H10FNO3S2/c14-9-3-1-2-4-10(9)15-12(16)7-19-8-5-11(13(17)18)20-6-8/h1-6H,7H2,(H,15,16)(H,17,18). The number of aromatic carboxylic acids is 1. The number of para-hydroxylation sites is 1. The van der Waals surface area contributed by atoms with Crippen LogP contribution >= 0.6 is 23.1 Å². The number of anilines is 1. The van der Waals surface area contributed by atoms with E-state index in [1.807, 2.05) is 0 Å². The third-order valence-electron chi connectivity index (χ3n) is 2.30. The number of amides is 1. The molecule has 4 nitrogen and oxygen atoms in total. The maximum Gasteiger partial charge on any atom is 0.345 e. The minimum Gasteiger partial charge on any atom is -0.477 e. The third-order valence-corrected chi connectivity index (χ3v) is 4.35. The van der Waals surface area contributed by atoms with Gasteiger partial charge in [0.2, 0.25) is 5.91 Å². The second-order valence-corrected chi connectivity index (χ2v) is 5.73. The van der Waals surface area contributed by atoms with Crippen molar-refractivity contribution in [3.05, 3.63) is 46.4 Å². The van der Waals surface area contributed by atoms with Crippen molar-refractivity contribution in [1.82, 2.24) is 0 Å². The minimum atomic E-state index is -0.988. The number of thioether (sulfide) groups is 1. The number of nitrogens with one attached hydrogen (secondary N) is 1. The van der Waals surface area contributed by atoms with Crippen LogP contribution in [0.1, 0.15) is 9.67 Å². The molecule has 0 aliphatic carbocycles. The van der Waals surface area contributed by atoms with Gasteiger partial charge in [0.1, 0.15) is 10.7 Å². The molecule has 2 aromatic rings. The summed E-state index contributed by atoms with van der Waals surface area (Å²) in [6, 6.07) is 7.42. The number of thiophene rings is 1. The van der Waals surface area contributed by atoms with Crippen LogP contribution in [0.2, 0.25) is 0 Å². The number of rotatable bonds is 5. The monoisotopic (exact) mass is 311 g/mol. The van der Waals surface area contributed by atoms with Crippen molar-refractivity contribution in [3.8, 4) is 0 Å². The highest BCUT2D eigenvalue weighted by Gasteiger charge is 2.10. The predicted molar refractivity (Wildman–Crippen MR) is 77.0 cm³/mol. The number of benzene rings is 1. The molecule has 0 bridgehead atoms. The van der Waals surface area contributed by atoms with Gasteiger partial charge >= 0.3 is 5.97 Å². The van der Waals surface area contributed by atoms with E-state index in [-0.39, 0.29) is 22.2 Å². The van der Waals surface area contributed by atoms with Crippen molar-refractivity contribution in [3.63, 3.8) is 0 Å². The van der Waals surface area contributed by atoms with Crippen molar-refractivity contribution in [1.29, 1.82) is 0 Å². The van der Waals surface area contributed by atoms with Crippen LogP contribution in [0.15, 0.2) is 40.6 Å². The molecule has 0 atom stereocenters. The van der Waals surface area contributed by atoms with Gasteiger partial charge in [-0.3, -0.25) is 4.79 Å². The van der Waals surface area contributed by atoms with Crippen molar-refractivity contribution < 1.29 is 19.1 Å². The SMILES string of the molecule is O=C(CSc1csc(C(=O)O)c1)Nc1ccccc1F. The zero-order chi connectivity index (χ0) is 14.5. The van der Waals surface area contributed by atoms with E-state index in [0.29, 0.717) is 4.90 Å². The summed E-state index contributed by atoms with van der Waals surface area (Å²) < 4.78 is 13.3. The highest BCUT2D eigenvalue weighted by molar-refractivity contribution is 8.00. The maximum atomic E-state index is 13.3. The van der Waals surface area contributed by atoms with Crippen LogP contribution < -0.4 is 5.32 Å². The van der Waals surface area contributed by atoms with E-state index < -0.39 is 11.8 Å². The van der Waals surface area contributed by atoms with Gasteiger partial charge in [0.25, 0.3) is 0 Å². The normalized spacial score (nSPS) is 10.2. The molecule has 1 amide bonds. The Hall–Kier alpha value is -1.86. The number of carbonyl (C=O) groups excluding carboxylic acids is 1. The van der Waals surface area contributed by atoms with Crippen LogP contribution in [0.4, 0.5) is 10.1 Å². The lowest BCUT2D eigenvalue weighted by Gasteiger charge is -2.05. The average molecular weight is 311 g/mol. The molecule has 1 aromatic heterocycles. The highest BCUT2D eigenvalue weighted by Crippen LogP contribution is 2.25. The summed E-state index contributed by atoms with van der Waals surface area (Å²) in [5.41, 5.74) is 0.134. The fourth-order valence-electron chi connectivity index (χ4n) is 1.40. The van der Waals surface area contributed by atoms with E-state index in [0.717, 1.165) is 11.3 Å². The van der Waals surface area contributed by atoms with Crippen molar-refractivity contribution in [2.75, 3.05) is 11.1 Å². The van der Waals surface area contributed by atoms with Gasteiger partial charge < -0.3 is 10.4 Å². The Balaban J connectivity index is 1.89. The Morgan fingerprint density at radius 3 is 2.75 bits per heavy atom. The van der Waals surface area contributed by atoms with Crippen LogP contribution in [0.5, 0.6) is 0 Å². The first-order valence-electron chi connectivity index (χ1n) is 5.55. The molecule has 0 spiro atoms. The molecule has 0 aliphatic rings. The first kappa shape index (κ1) is 14.5. The first-order valence-corrected chi connectivity index (χ1v) is 7.42. The highest BCUT2D eigenvalue weighted by atomic mass is 32.2. The Labute approximate surface area is 122 Å². The van der Waals surface area contributed by atoms with Crippen molar-refractivity contribution >= 4 is 40.7 Å². The first-order chi connectivity index (χ1) is 9.56. The van der Waals surface area contributed by atoms with Gasteiger partial charge in [-0.05, 0) is 18.2 Å². The Kier molecular flexibility index (Phi) is 4.75. The third kappa shape index (κ3) is 3.82. The molecule has 0 saturated carbocycles. The van der Waals surface area contributed by atoms with Crippen molar-refractivity contribution in [2.45, 2.75) is 4.90 Å². The molecule has 0 fully saturated rings. The number of hydrogen-bond donors (Lipinski definition) is 2. The molecule has 2 N–H and O–H groups in total. The van der Waals surface area contributed by atoms with Gasteiger partial charge in [0, 0.05) is 10.3 Å². The smallest absolute Gasteiger partial charge is 0.345 e. The number of hydrogen-bond acceptors (Lipinski definition) is 4. The van der Waals surface area contributed by atoms with Crippen LogP contribution in [-0.4, -0.2) is 22.7 Å². The summed E-state index contributed by atoms with van der Waals surface area (Å²) in [7, 11) is 0. The van der Waals surface area contributed by atoms with Gasteiger partial charge in [-0.25, -0.2) is 9.18 Å². The number of carbonyl (C=O) groups is 2. The largest absolute Gasteiger partial charge is 0.477 e. The van der Waals surface area contributed by atoms with Gasteiger partial charge in [0.15, 0.2) is 0 Å². The van der Waals surface area contributed by atoms with Gasteiger partial charge in [-0.15, -0.1) is 23.1 Å². The van der Waals surface area contributed by atoms with Crippen LogP contribution in [0, 0.1) is 5.82 Å². The fourth-order valence-corrected chi connectivity index (χ4v) is 3.07. The predicted octanol–water partition coefficient (Wildman–Crippen LogP) is 3.32. The summed E-state index contributed by atoms with van der Waals surface area (Å²) in [4.78, 5) is 23.3. The Morgan fingerprint density at radius 2 is 2.10 bits per heavy atom. The molecule has 2 rings (SSSR count). The second-order valence-electron chi connectivity index (χ2n) is 3.77. The number of carboxylic acids is 1. The molecule has 1 heterocycles. The van der Waals surface area contributed by atoms with Crippen molar-refractivity contribution in [2.24, 2.45) is 0 Å². The summed E-state index contributed by atoms with van der Waals surface area (Å²) in [6.07, 6.45) is 0. The summed E-state index contributed by atoms with van der Waals surface area (Å²) in [5, 5.41) is 12.9. The summed E-state index contributed by atoms with van der Waals surface area (Å²) in [6.45, 7) is 0. The van der Waals surface area contributed by atoms with E-state index in [1.165, 1.54) is 30.0 Å². The summed E-state index contributed by atoms with van der Waals surface area (Å²) >= 11 is 2.31. The minimum absolute atomic E-state index is 0.0874. The van der Waals surface area contributed by atoms with Crippen LogP contribution in [0.3, 0.4) is 0 Å². The molecular formula is C13H10FNO3S2. The summed E-state index contributed by atoms with van der Waals surface area (Å²) in [5.74, 6) is -1.74. The number of halogens is 1. The Bertz CT molecular complexity index is 642. The number of carboxylic acid groups (broad SMARTS) is 1. The molecule has 7 heteroatoms. The van der Waals surface area contributed by atoms with E-state index in [1.54, 1.807) is 17.5 Å². The molecule has 20 heavy (non-hydrogen) atoms. The molecule has 0 saturated heterocycles. The molecule has 0 unspecified atom stereocenters. The quantitative estimate of drug-likeness (QED) is 0.831. The van der Waals surface area contributed by atoms with E-state index in [4.69, 9.17) is 5.11 Å². The average Bonchev–Trinajstić information content (AvgIpc) is 2.88. The molecule has 1 aromatic carbocycles. The Morgan fingerprint density at radius 1 is 1.35 bits per heavy atom.